The van der Waals surface area contributed by atoms with Gasteiger partial charge in [-0.15, -0.1) is 0 Å². The van der Waals surface area contributed by atoms with Crippen molar-refractivity contribution in [3.8, 4) is 0 Å². The fourth-order valence-electron chi connectivity index (χ4n) is 1.99. The predicted molar refractivity (Wildman–Crippen MR) is 84.0 cm³/mol. The maximum absolute atomic E-state index is 10.8. The second-order valence-corrected chi connectivity index (χ2v) is 5.27. The van der Waals surface area contributed by atoms with E-state index >= 15 is 0 Å². The smallest absolute Gasteiger partial charge is 0.273 e. The van der Waals surface area contributed by atoms with Crippen LogP contribution in [0.5, 0.6) is 0 Å². The number of nitrogens with zero attached hydrogens (tertiary/aromatic N) is 2. The monoisotopic (exact) mass is 305 g/mol. The summed E-state index contributed by atoms with van der Waals surface area (Å²) in [5.41, 5.74) is 3.45. The average molecular weight is 306 g/mol. The minimum absolute atomic E-state index is 0.0354. The summed E-state index contributed by atoms with van der Waals surface area (Å²) in [7, 11) is 0. The molecule has 0 aliphatic heterocycles. The molecule has 5 nitrogen and oxygen atoms in total. The molecule has 0 radical (unpaired) electrons. The normalized spacial score (nSPS) is 10.4. The molecule has 1 aromatic carbocycles. The van der Waals surface area contributed by atoms with Gasteiger partial charge in [-0.25, -0.2) is 0 Å². The minimum atomic E-state index is -0.428. The van der Waals surface area contributed by atoms with Crippen LogP contribution in [0.4, 0.5) is 11.4 Å². The van der Waals surface area contributed by atoms with Gasteiger partial charge in [0.05, 0.1) is 15.6 Å². The van der Waals surface area contributed by atoms with Gasteiger partial charge in [0, 0.05) is 30.1 Å². The molecule has 0 spiro atoms. The number of hydrogen-bond acceptors (Lipinski definition) is 4. The Morgan fingerprint density at radius 3 is 2.71 bits per heavy atom. The van der Waals surface area contributed by atoms with E-state index in [1.807, 2.05) is 25.3 Å². The summed E-state index contributed by atoms with van der Waals surface area (Å²) >= 11 is 6.07. The SMILES string of the molecule is Cc1ccc(CCNc2cc(C)c([N+](=O)[O-])cc2Cl)cn1. The van der Waals surface area contributed by atoms with Gasteiger partial charge in [0.1, 0.15) is 0 Å². The second kappa shape index (κ2) is 6.54. The number of halogens is 1. The van der Waals surface area contributed by atoms with Crippen LogP contribution >= 0.6 is 11.6 Å². The lowest BCUT2D eigenvalue weighted by Gasteiger charge is -2.10. The maximum atomic E-state index is 10.8. The Bertz CT molecular complexity index is 657. The summed E-state index contributed by atoms with van der Waals surface area (Å²) in [6.07, 6.45) is 2.65. The summed E-state index contributed by atoms with van der Waals surface area (Å²) in [5, 5.41) is 14.4. The number of benzene rings is 1. The topological polar surface area (TPSA) is 68.1 Å². The Morgan fingerprint density at radius 1 is 1.33 bits per heavy atom. The Labute approximate surface area is 128 Å². The van der Waals surface area contributed by atoms with Gasteiger partial charge >= 0.3 is 0 Å². The second-order valence-electron chi connectivity index (χ2n) is 4.86. The Kier molecular flexibility index (Phi) is 4.75. The number of aryl methyl sites for hydroxylation is 2. The molecule has 0 saturated heterocycles. The van der Waals surface area contributed by atoms with E-state index in [1.54, 1.807) is 13.0 Å². The van der Waals surface area contributed by atoms with E-state index in [1.165, 1.54) is 6.07 Å². The highest BCUT2D eigenvalue weighted by atomic mass is 35.5. The van der Waals surface area contributed by atoms with Crippen molar-refractivity contribution in [1.82, 2.24) is 4.98 Å². The molecule has 1 N–H and O–H groups in total. The first kappa shape index (κ1) is 15.3. The highest BCUT2D eigenvalue weighted by Gasteiger charge is 2.14. The Morgan fingerprint density at radius 2 is 2.10 bits per heavy atom. The fourth-order valence-corrected chi connectivity index (χ4v) is 2.22. The number of aromatic nitrogens is 1. The molecule has 0 aliphatic rings. The largest absolute Gasteiger partial charge is 0.383 e. The fraction of sp³-hybridized carbons (Fsp3) is 0.267. The molecule has 0 saturated carbocycles. The van der Waals surface area contributed by atoms with Crippen LogP contribution in [0.15, 0.2) is 30.5 Å². The van der Waals surface area contributed by atoms with Gasteiger partial charge in [-0.05, 0) is 38.0 Å². The first-order valence-electron chi connectivity index (χ1n) is 6.57. The highest BCUT2D eigenvalue weighted by molar-refractivity contribution is 6.33. The standard InChI is InChI=1S/C15H16ClN3O2/c1-10-7-14(13(16)8-15(10)19(20)21)17-6-5-12-4-3-11(2)18-9-12/h3-4,7-9,17H,5-6H2,1-2H3. The quantitative estimate of drug-likeness (QED) is 0.671. The van der Waals surface area contributed by atoms with Crippen LogP contribution in [0.1, 0.15) is 16.8 Å². The first-order chi connectivity index (χ1) is 9.97. The number of nitro groups is 1. The molecule has 6 heteroatoms. The van der Waals surface area contributed by atoms with E-state index < -0.39 is 4.92 Å². The van der Waals surface area contributed by atoms with Crippen molar-refractivity contribution in [2.45, 2.75) is 20.3 Å². The molecule has 0 unspecified atom stereocenters. The molecule has 0 fully saturated rings. The third kappa shape index (κ3) is 3.92. The third-order valence-electron chi connectivity index (χ3n) is 3.18. The molecule has 1 aromatic heterocycles. The van der Waals surface area contributed by atoms with Gasteiger partial charge in [0.2, 0.25) is 0 Å². The number of nitro benzene ring substituents is 1. The molecule has 21 heavy (non-hydrogen) atoms. The van der Waals surface area contributed by atoms with Crippen molar-refractivity contribution in [3.05, 3.63) is 62.4 Å². The van der Waals surface area contributed by atoms with Crippen LogP contribution in [0.2, 0.25) is 5.02 Å². The van der Waals surface area contributed by atoms with Crippen molar-refractivity contribution >= 4 is 23.0 Å². The maximum Gasteiger partial charge on any atom is 0.273 e. The lowest BCUT2D eigenvalue weighted by molar-refractivity contribution is -0.385. The number of pyridine rings is 1. The molecular weight excluding hydrogens is 290 g/mol. The van der Waals surface area contributed by atoms with Gasteiger partial charge in [-0.1, -0.05) is 17.7 Å². The lowest BCUT2D eigenvalue weighted by atomic mass is 10.1. The van der Waals surface area contributed by atoms with Crippen molar-refractivity contribution in [2.75, 3.05) is 11.9 Å². The number of nitrogens with one attached hydrogen (secondary N) is 1. The van der Waals surface area contributed by atoms with Gasteiger partial charge in [0.15, 0.2) is 0 Å². The van der Waals surface area contributed by atoms with Crippen molar-refractivity contribution in [2.24, 2.45) is 0 Å². The minimum Gasteiger partial charge on any atom is -0.383 e. The molecule has 0 aliphatic carbocycles. The summed E-state index contributed by atoms with van der Waals surface area (Å²) in [6.45, 7) is 4.33. The molecule has 0 atom stereocenters. The van der Waals surface area contributed by atoms with Gasteiger partial charge < -0.3 is 5.32 Å². The van der Waals surface area contributed by atoms with Crippen LogP contribution in [0.25, 0.3) is 0 Å². The van der Waals surface area contributed by atoms with Crippen molar-refractivity contribution in [1.29, 1.82) is 0 Å². The van der Waals surface area contributed by atoms with Gasteiger partial charge in [-0.3, -0.25) is 15.1 Å². The van der Waals surface area contributed by atoms with Gasteiger partial charge in [-0.2, -0.15) is 0 Å². The molecule has 110 valence electrons. The van der Waals surface area contributed by atoms with Crippen LogP contribution in [-0.4, -0.2) is 16.5 Å². The predicted octanol–water partition coefficient (Wildman–Crippen LogP) is 3.91. The molecule has 0 amide bonds. The zero-order chi connectivity index (χ0) is 15.4. The van der Waals surface area contributed by atoms with Crippen LogP contribution in [-0.2, 0) is 6.42 Å². The van der Waals surface area contributed by atoms with E-state index in [2.05, 4.69) is 10.3 Å². The Balaban J connectivity index is 2.02. The van der Waals surface area contributed by atoms with Crippen LogP contribution in [0, 0.1) is 24.0 Å². The Hall–Kier alpha value is -2.14. The summed E-state index contributed by atoms with van der Waals surface area (Å²) in [6, 6.07) is 7.09. The summed E-state index contributed by atoms with van der Waals surface area (Å²) < 4.78 is 0. The molecular formula is C15H16ClN3O2. The molecule has 2 aromatic rings. The number of rotatable bonds is 5. The van der Waals surface area contributed by atoms with Crippen molar-refractivity contribution in [3.63, 3.8) is 0 Å². The molecule has 0 bridgehead atoms. The lowest BCUT2D eigenvalue weighted by Crippen LogP contribution is -2.06. The third-order valence-corrected chi connectivity index (χ3v) is 3.50. The van der Waals surface area contributed by atoms with Crippen LogP contribution < -0.4 is 5.32 Å². The van der Waals surface area contributed by atoms with E-state index in [4.69, 9.17) is 11.6 Å². The first-order valence-corrected chi connectivity index (χ1v) is 6.95. The zero-order valence-electron chi connectivity index (χ0n) is 11.9. The number of anilines is 1. The van der Waals surface area contributed by atoms with E-state index in [-0.39, 0.29) is 5.69 Å². The average Bonchev–Trinajstić information content (AvgIpc) is 2.44. The molecule has 2 rings (SSSR count). The molecule has 1 heterocycles. The van der Waals surface area contributed by atoms with Crippen molar-refractivity contribution < 1.29 is 4.92 Å². The van der Waals surface area contributed by atoms with E-state index in [0.29, 0.717) is 22.8 Å². The highest BCUT2D eigenvalue weighted by Crippen LogP contribution is 2.30. The van der Waals surface area contributed by atoms with E-state index in [9.17, 15) is 10.1 Å². The van der Waals surface area contributed by atoms with E-state index in [0.717, 1.165) is 17.7 Å². The van der Waals surface area contributed by atoms with Gasteiger partial charge in [0.25, 0.3) is 5.69 Å². The summed E-state index contributed by atoms with van der Waals surface area (Å²) in [5.74, 6) is 0. The number of hydrogen-bond donors (Lipinski definition) is 1. The van der Waals surface area contributed by atoms with Crippen LogP contribution in [0.3, 0.4) is 0 Å². The summed E-state index contributed by atoms with van der Waals surface area (Å²) in [4.78, 5) is 14.6. The zero-order valence-corrected chi connectivity index (χ0v) is 12.6.